The third kappa shape index (κ3) is 5.53. The van der Waals surface area contributed by atoms with Gasteiger partial charge in [-0.05, 0) is 55.0 Å². The number of para-hydroxylation sites is 1. The second kappa shape index (κ2) is 9.36. The number of nitrogens with one attached hydrogen (secondary N) is 2. The lowest BCUT2D eigenvalue weighted by Crippen LogP contribution is -2.18. The van der Waals surface area contributed by atoms with Crippen LogP contribution in [0.4, 0.5) is 15.8 Å². The molecule has 3 rings (SSSR count). The summed E-state index contributed by atoms with van der Waals surface area (Å²) in [4.78, 5) is 12.4. The lowest BCUT2D eigenvalue weighted by Gasteiger charge is -2.13. The molecule has 31 heavy (non-hydrogen) atoms. The molecule has 3 aromatic carbocycles. The first-order valence-corrected chi connectivity index (χ1v) is 11.1. The van der Waals surface area contributed by atoms with Crippen LogP contribution >= 0.6 is 11.6 Å². The Morgan fingerprint density at radius 3 is 2.55 bits per heavy atom. The Morgan fingerprint density at radius 1 is 1.10 bits per heavy atom. The van der Waals surface area contributed by atoms with Gasteiger partial charge in [0.25, 0.3) is 10.0 Å². The van der Waals surface area contributed by atoms with E-state index in [1.165, 1.54) is 31.4 Å². The minimum atomic E-state index is -4.08. The molecule has 2 N–H and O–H groups in total. The van der Waals surface area contributed by atoms with Gasteiger partial charge in [0.1, 0.15) is 11.6 Å². The van der Waals surface area contributed by atoms with Crippen LogP contribution in [0.25, 0.3) is 0 Å². The molecule has 3 aromatic rings. The summed E-state index contributed by atoms with van der Waals surface area (Å²) in [7, 11) is -2.59. The number of carbonyl (C=O) groups excluding carboxylic acids is 1. The topological polar surface area (TPSA) is 84.5 Å². The van der Waals surface area contributed by atoms with Gasteiger partial charge in [-0.25, -0.2) is 12.8 Å². The summed E-state index contributed by atoms with van der Waals surface area (Å²) >= 11 is 6.00. The fourth-order valence-electron chi connectivity index (χ4n) is 2.97. The van der Waals surface area contributed by atoms with Crippen LogP contribution in [0.2, 0.25) is 5.02 Å². The summed E-state index contributed by atoms with van der Waals surface area (Å²) in [5.74, 6) is -0.556. The van der Waals surface area contributed by atoms with Crippen molar-refractivity contribution in [3.63, 3.8) is 0 Å². The highest BCUT2D eigenvalue weighted by Crippen LogP contribution is 2.26. The molecule has 0 atom stereocenters. The second-order valence-corrected chi connectivity index (χ2v) is 8.83. The van der Waals surface area contributed by atoms with E-state index in [2.05, 4.69) is 10.0 Å². The lowest BCUT2D eigenvalue weighted by molar-refractivity contribution is -0.115. The molecule has 0 saturated carbocycles. The number of hydrogen-bond donors (Lipinski definition) is 2. The zero-order valence-corrected chi connectivity index (χ0v) is 18.4. The number of rotatable bonds is 7. The van der Waals surface area contributed by atoms with E-state index in [-0.39, 0.29) is 28.6 Å². The summed E-state index contributed by atoms with van der Waals surface area (Å²) in [6, 6.07) is 14.9. The molecule has 1 amide bonds. The standard InChI is InChI=1S/C22H20ClFN2O4S/c1-14-7-9-17(25-22(27)12-15-11-16(23)8-10-20(15)30-2)13-21(14)31(28,29)26-19-6-4-3-5-18(19)24/h3-11,13,26H,12H2,1-2H3,(H,25,27). The fraction of sp³-hybridized carbons (Fsp3) is 0.136. The van der Waals surface area contributed by atoms with E-state index in [1.807, 2.05) is 0 Å². The Morgan fingerprint density at radius 2 is 1.84 bits per heavy atom. The average molecular weight is 463 g/mol. The molecule has 162 valence electrons. The Labute approximate surface area is 185 Å². The van der Waals surface area contributed by atoms with Crippen LogP contribution in [0.15, 0.2) is 65.6 Å². The zero-order valence-electron chi connectivity index (χ0n) is 16.8. The van der Waals surface area contributed by atoms with Gasteiger partial charge < -0.3 is 10.1 Å². The van der Waals surface area contributed by atoms with Gasteiger partial charge in [0.2, 0.25) is 5.91 Å². The van der Waals surface area contributed by atoms with Crippen molar-refractivity contribution in [1.29, 1.82) is 0 Å². The molecule has 0 aliphatic carbocycles. The van der Waals surface area contributed by atoms with Gasteiger partial charge in [-0.3, -0.25) is 9.52 Å². The van der Waals surface area contributed by atoms with Crippen molar-refractivity contribution < 1.29 is 22.3 Å². The third-order valence-corrected chi connectivity index (χ3v) is 6.22. The summed E-state index contributed by atoms with van der Waals surface area (Å²) in [6.07, 6.45) is -0.0207. The van der Waals surface area contributed by atoms with Crippen molar-refractivity contribution in [2.45, 2.75) is 18.2 Å². The second-order valence-electron chi connectivity index (χ2n) is 6.75. The van der Waals surface area contributed by atoms with E-state index in [0.29, 0.717) is 21.9 Å². The Kier molecular flexibility index (Phi) is 6.82. The van der Waals surface area contributed by atoms with Crippen LogP contribution in [-0.4, -0.2) is 21.4 Å². The van der Waals surface area contributed by atoms with E-state index in [4.69, 9.17) is 16.3 Å². The van der Waals surface area contributed by atoms with Crippen LogP contribution in [0.1, 0.15) is 11.1 Å². The highest BCUT2D eigenvalue weighted by molar-refractivity contribution is 7.92. The van der Waals surface area contributed by atoms with Crippen LogP contribution in [0, 0.1) is 12.7 Å². The van der Waals surface area contributed by atoms with Crippen molar-refractivity contribution in [1.82, 2.24) is 0 Å². The van der Waals surface area contributed by atoms with Crippen molar-refractivity contribution in [3.05, 3.63) is 82.6 Å². The third-order valence-electron chi connectivity index (χ3n) is 4.47. The number of carbonyl (C=O) groups is 1. The minimum Gasteiger partial charge on any atom is -0.496 e. The van der Waals surface area contributed by atoms with Crippen molar-refractivity contribution in [2.75, 3.05) is 17.1 Å². The number of sulfonamides is 1. The van der Waals surface area contributed by atoms with Crippen LogP contribution in [0.5, 0.6) is 5.75 Å². The number of amides is 1. The van der Waals surface area contributed by atoms with Gasteiger partial charge in [-0.2, -0.15) is 0 Å². The number of methoxy groups -OCH3 is 1. The molecular formula is C22H20ClFN2O4S. The number of benzene rings is 3. The molecule has 0 aliphatic rings. The Hall–Kier alpha value is -3.10. The number of hydrogen-bond acceptors (Lipinski definition) is 4. The number of ether oxygens (including phenoxy) is 1. The lowest BCUT2D eigenvalue weighted by atomic mass is 10.1. The summed E-state index contributed by atoms with van der Waals surface area (Å²) in [5, 5.41) is 3.14. The molecule has 9 heteroatoms. The van der Waals surface area contributed by atoms with E-state index in [1.54, 1.807) is 37.3 Å². The van der Waals surface area contributed by atoms with E-state index in [9.17, 15) is 17.6 Å². The van der Waals surface area contributed by atoms with E-state index >= 15 is 0 Å². The SMILES string of the molecule is COc1ccc(Cl)cc1CC(=O)Nc1ccc(C)c(S(=O)(=O)Nc2ccccc2F)c1. The van der Waals surface area contributed by atoms with E-state index < -0.39 is 15.8 Å². The first-order chi connectivity index (χ1) is 14.7. The smallest absolute Gasteiger partial charge is 0.262 e. The predicted octanol–water partition coefficient (Wildman–Crippen LogP) is 4.78. The molecule has 0 radical (unpaired) electrons. The van der Waals surface area contributed by atoms with Gasteiger partial charge in [-0.15, -0.1) is 0 Å². The molecule has 0 fully saturated rings. The van der Waals surface area contributed by atoms with Gasteiger partial charge in [-0.1, -0.05) is 29.8 Å². The number of anilines is 2. The van der Waals surface area contributed by atoms with Crippen molar-refractivity contribution in [3.8, 4) is 5.75 Å². The normalized spacial score (nSPS) is 11.1. The molecule has 0 aliphatic heterocycles. The average Bonchev–Trinajstić information content (AvgIpc) is 2.71. The summed E-state index contributed by atoms with van der Waals surface area (Å²) in [6.45, 7) is 1.61. The number of aryl methyl sites for hydroxylation is 1. The fourth-order valence-corrected chi connectivity index (χ4v) is 4.51. The van der Waals surface area contributed by atoms with Crippen LogP contribution in [-0.2, 0) is 21.2 Å². The maximum absolute atomic E-state index is 13.9. The molecule has 0 aromatic heterocycles. The van der Waals surface area contributed by atoms with Crippen molar-refractivity contribution in [2.24, 2.45) is 0 Å². The highest BCUT2D eigenvalue weighted by atomic mass is 35.5. The summed E-state index contributed by atoms with van der Waals surface area (Å²) < 4.78 is 47.0. The molecule has 0 saturated heterocycles. The largest absolute Gasteiger partial charge is 0.496 e. The van der Waals surface area contributed by atoms with Gasteiger partial charge in [0.05, 0.1) is 24.1 Å². The van der Waals surface area contributed by atoms with Gasteiger partial charge in [0, 0.05) is 16.3 Å². The van der Waals surface area contributed by atoms with Crippen molar-refractivity contribution >= 4 is 38.9 Å². The molecule has 0 heterocycles. The van der Waals surface area contributed by atoms with Crippen LogP contribution < -0.4 is 14.8 Å². The zero-order chi connectivity index (χ0) is 22.6. The minimum absolute atomic E-state index is 0.0207. The van der Waals surface area contributed by atoms with E-state index in [0.717, 1.165) is 6.07 Å². The molecule has 6 nitrogen and oxygen atoms in total. The monoisotopic (exact) mass is 462 g/mol. The van der Waals surface area contributed by atoms with Gasteiger partial charge in [0.15, 0.2) is 0 Å². The molecule has 0 spiro atoms. The van der Waals surface area contributed by atoms with Crippen LogP contribution in [0.3, 0.4) is 0 Å². The first kappa shape index (κ1) is 22.6. The maximum Gasteiger partial charge on any atom is 0.262 e. The maximum atomic E-state index is 13.9. The molecular weight excluding hydrogens is 443 g/mol. The number of halogens is 2. The van der Waals surface area contributed by atoms with Gasteiger partial charge >= 0.3 is 0 Å². The quantitative estimate of drug-likeness (QED) is 0.529. The Bertz CT molecular complexity index is 1230. The summed E-state index contributed by atoms with van der Waals surface area (Å²) in [5.41, 5.74) is 1.15. The molecule has 0 unspecified atom stereocenters. The predicted molar refractivity (Wildman–Crippen MR) is 119 cm³/mol. The highest BCUT2D eigenvalue weighted by Gasteiger charge is 2.20. The molecule has 0 bridgehead atoms. The Balaban J connectivity index is 1.82. The first-order valence-electron chi connectivity index (χ1n) is 9.20.